The van der Waals surface area contributed by atoms with Crippen LogP contribution in [-0.2, 0) is 17.6 Å². The fraction of sp³-hybridized carbons (Fsp3) is 0.381. The van der Waals surface area contributed by atoms with Crippen LogP contribution in [0.5, 0.6) is 0 Å². The predicted molar refractivity (Wildman–Crippen MR) is 98.3 cm³/mol. The van der Waals surface area contributed by atoms with Gasteiger partial charge < -0.3 is 10.1 Å². The van der Waals surface area contributed by atoms with Crippen molar-refractivity contribution in [1.29, 1.82) is 0 Å². The largest absolute Gasteiger partial charge is 0.462 e. The first kappa shape index (κ1) is 19.1. The Balaban J connectivity index is 1.68. The van der Waals surface area contributed by atoms with Gasteiger partial charge in [0.25, 0.3) is 0 Å². The van der Waals surface area contributed by atoms with Crippen molar-refractivity contribution in [2.75, 3.05) is 13.2 Å². The number of benzene rings is 2. The van der Waals surface area contributed by atoms with Crippen molar-refractivity contribution in [3.05, 3.63) is 71.0 Å². The van der Waals surface area contributed by atoms with Crippen molar-refractivity contribution >= 4 is 5.97 Å². The van der Waals surface area contributed by atoms with Gasteiger partial charge in [-0.2, -0.15) is 0 Å². The molecule has 0 aliphatic heterocycles. The molecule has 0 aliphatic carbocycles. The van der Waals surface area contributed by atoms with Gasteiger partial charge in [-0.25, -0.2) is 9.18 Å². The number of ether oxygens (including phenoxy) is 1. The van der Waals surface area contributed by atoms with E-state index in [9.17, 15) is 9.18 Å². The van der Waals surface area contributed by atoms with Gasteiger partial charge in [-0.15, -0.1) is 0 Å². The third kappa shape index (κ3) is 6.67. The Labute approximate surface area is 149 Å². The van der Waals surface area contributed by atoms with E-state index in [0.29, 0.717) is 18.2 Å². The third-order valence-electron chi connectivity index (χ3n) is 4.06. The average molecular weight is 343 g/mol. The topological polar surface area (TPSA) is 38.3 Å². The fourth-order valence-electron chi connectivity index (χ4n) is 2.71. The Kier molecular flexibility index (Phi) is 7.61. The molecule has 2 aromatic carbocycles. The number of carbonyl (C=O) groups excluding carboxylic acids is 1. The molecule has 0 bridgehead atoms. The highest BCUT2D eigenvalue weighted by atomic mass is 19.1. The number of hydrogen-bond acceptors (Lipinski definition) is 3. The van der Waals surface area contributed by atoms with Crippen LogP contribution in [0.2, 0.25) is 0 Å². The summed E-state index contributed by atoms with van der Waals surface area (Å²) in [5.74, 6) is -0.469. The van der Waals surface area contributed by atoms with Crippen molar-refractivity contribution in [3.8, 4) is 0 Å². The maximum atomic E-state index is 12.9. The SMILES string of the molecule is CCOC(=O)c1ccc(CCCNC(C)Cc2ccc(F)cc2)cc1. The van der Waals surface area contributed by atoms with E-state index in [1.54, 1.807) is 6.92 Å². The summed E-state index contributed by atoms with van der Waals surface area (Å²) >= 11 is 0. The van der Waals surface area contributed by atoms with Crippen LogP contribution in [0.4, 0.5) is 4.39 Å². The molecule has 0 fully saturated rings. The number of carbonyl (C=O) groups is 1. The summed E-state index contributed by atoms with van der Waals surface area (Å²) in [7, 11) is 0. The number of aryl methyl sites for hydroxylation is 1. The first-order chi connectivity index (χ1) is 12.1. The molecule has 25 heavy (non-hydrogen) atoms. The lowest BCUT2D eigenvalue weighted by atomic mass is 10.1. The minimum Gasteiger partial charge on any atom is -0.462 e. The first-order valence-corrected chi connectivity index (χ1v) is 8.82. The highest BCUT2D eigenvalue weighted by Gasteiger charge is 2.06. The van der Waals surface area contributed by atoms with Crippen LogP contribution in [0.1, 0.15) is 41.8 Å². The van der Waals surface area contributed by atoms with E-state index in [-0.39, 0.29) is 11.8 Å². The van der Waals surface area contributed by atoms with Crippen molar-refractivity contribution in [2.24, 2.45) is 0 Å². The molecule has 0 saturated heterocycles. The van der Waals surface area contributed by atoms with Crippen LogP contribution in [0.3, 0.4) is 0 Å². The van der Waals surface area contributed by atoms with Gasteiger partial charge in [0.1, 0.15) is 5.82 Å². The Bertz CT molecular complexity index is 653. The molecule has 1 unspecified atom stereocenters. The number of hydrogen-bond donors (Lipinski definition) is 1. The number of halogens is 1. The summed E-state index contributed by atoms with van der Waals surface area (Å²) in [6.07, 6.45) is 2.86. The monoisotopic (exact) mass is 343 g/mol. The van der Waals surface area contributed by atoms with Crippen molar-refractivity contribution < 1.29 is 13.9 Å². The lowest BCUT2D eigenvalue weighted by Crippen LogP contribution is -2.29. The summed E-state index contributed by atoms with van der Waals surface area (Å²) < 4.78 is 17.9. The second kappa shape index (κ2) is 9.94. The van der Waals surface area contributed by atoms with E-state index in [1.807, 2.05) is 36.4 Å². The molecule has 1 atom stereocenters. The number of rotatable bonds is 9. The molecule has 0 spiro atoms. The van der Waals surface area contributed by atoms with E-state index in [2.05, 4.69) is 12.2 Å². The zero-order chi connectivity index (χ0) is 18.1. The highest BCUT2D eigenvalue weighted by Crippen LogP contribution is 2.09. The molecule has 0 radical (unpaired) electrons. The molecule has 0 aromatic heterocycles. The van der Waals surface area contributed by atoms with E-state index in [1.165, 1.54) is 17.7 Å². The van der Waals surface area contributed by atoms with Gasteiger partial charge in [-0.1, -0.05) is 24.3 Å². The zero-order valence-corrected chi connectivity index (χ0v) is 14.9. The molecule has 0 heterocycles. The van der Waals surface area contributed by atoms with Crippen LogP contribution in [-0.4, -0.2) is 25.2 Å². The van der Waals surface area contributed by atoms with E-state index >= 15 is 0 Å². The Morgan fingerprint density at radius 1 is 1.08 bits per heavy atom. The number of esters is 1. The Hall–Kier alpha value is -2.20. The Morgan fingerprint density at radius 2 is 1.72 bits per heavy atom. The second-order valence-electron chi connectivity index (χ2n) is 6.21. The molecule has 134 valence electrons. The van der Waals surface area contributed by atoms with Crippen molar-refractivity contribution in [3.63, 3.8) is 0 Å². The van der Waals surface area contributed by atoms with E-state index < -0.39 is 0 Å². The molecule has 4 heteroatoms. The molecule has 0 amide bonds. The maximum absolute atomic E-state index is 12.9. The van der Waals surface area contributed by atoms with Crippen LogP contribution in [0.25, 0.3) is 0 Å². The van der Waals surface area contributed by atoms with E-state index in [4.69, 9.17) is 4.74 Å². The van der Waals surface area contributed by atoms with Gasteiger partial charge in [0.2, 0.25) is 0 Å². The summed E-state index contributed by atoms with van der Waals surface area (Å²) in [4.78, 5) is 11.6. The lowest BCUT2D eigenvalue weighted by Gasteiger charge is -2.14. The molecular formula is C21H26FNO2. The normalized spacial score (nSPS) is 12.0. The highest BCUT2D eigenvalue weighted by molar-refractivity contribution is 5.89. The molecule has 0 aliphatic rings. The molecule has 2 rings (SSSR count). The standard InChI is InChI=1S/C21H26FNO2/c1-3-25-21(24)19-10-6-17(7-11-19)5-4-14-23-16(2)15-18-8-12-20(22)13-9-18/h6-13,16,23H,3-5,14-15H2,1-2H3. The maximum Gasteiger partial charge on any atom is 0.338 e. The van der Waals surface area contributed by atoms with Crippen molar-refractivity contribution in [2.45, 2.75) is 39.2 Å². The smallest absolute Gasteiger partial charge is 0.338 e. The average Bonchev–Trinajstić information content (AvgIpc) is 2.61. The first-order valence-electron chi connectivity index (χ1n) is 8.82. The quantitative estimate of drug-likeness (QED) is 0.549. The van der Waals surface area contributed by atoms with Gasteiger partial charge in [0.05, 0.1) is 12.2 Å². The summed E-state index contributed by atoms with van der Waals surface area (Å²) in [6, 6.07) is 14.6. The van der Waals surface area contributed by atoms with Gasteiger partial charge in [0.15, 0.2) is 0 Å². The summed E-state index contributed by atoms with van der Waals surface area (Å²) in [5, 5.41) is 3.49. The van der Waals surface area contributed by atoms with Crippen molar-refractivity contribution in [1.82, 2.24) is 5.32 Å². The Morgan fingerprint density at radius 3 is 2.36 bits per heavy atom. The lowest BCUT2D eigenvalue weighted by molar-refractivity contribution is 0.0526. The van der Waals surface area contributed by atoms with Crippen LogP contribution < -0.4 is 5.32 Å². The fourth-order valence-corrected chi connectivity index (χ4v) is 2.71. The van der Waals surface area contributed by atoms with E-state index in [0.717, 1.165) is 31.4 Å². The van der Waals surface area contributed by atoms with Crippen LogP contribution >= 0.6 is 0 Å². The zero-order valence-electron chi connectivity index (χ0n) is 14.9. The van der Waals surface area contributed by atoms with Gasteiger partial charge in [-0.05, 0) is 75.0 Å². The van der Waals surface area contributed by atoms with Crippen LogP contribution in [0.15, 0.2) is 48.5 Å². The van der Waals surface area contributed by atoms with Crippen LogP contribution in [0, 0.1) is 5.82 Å². The molecule has 0 saturated carbocycles. The van der Waals surface area contributed by atoms with Gasteiger partial charge in [-0.3, -0.25) is 0 Å². The minimum atomic E-state index is -0.273. The number of nitrogens with one attached hydrogen (secondary N) is 1. The predicted octanol–water partition coefficient (Wildman–Crippen LogP) is 4.16. The third-order valence-corrected chi connectivity index (χ3v) is 4.06. The molecule has 1 N–H and O–H groups in total. The minimum absolute atomic E-state index is 0.196. The molecule has 2 aromatic rings. The summed E-state index contributed by atoms with van der Waals surface area (Å²) in [5.41, 5.74) is 2.94. The molecule has 3 nitrogen and oxygen atoms in total. The second-order valence-corrected chi connectivity index (χ2v) is 6.21. The van der Waals surface area contributed by atoms with Gasteiger partial charge in [0, 0.05) is 6.04 Å². The summed E-state index contributed by atoms with van der Waals surface area (Å²) in [6.45, 7) is 5.25. The van der Waals surface area contributed by atoms with Gasteiger partial charge >= 0.3 is 5.97 Å². The molecular weight excluding hydrogens is 317 g/mol.